The number of carbonyl (C=O) groups is 1. The molecular formula is C31H38O6S. The zero-order chi connectivity index (χ0) is 27.2. The summed E-state index contributed by atoms with van der Waals surface area (Å²) in [4.78, 5) is 11.9. The number of carboxylic acids is 1. The second kappa shape index (κ2) is 15.2. The van der Waals surface area contributed by atoms with E-state index in [2.05, 4.69) is 6.92 Å². The Morgan fingerprint density at radius 1 is 0.737 bits per heavy atom. The highest BCUT2D eigenvalue weighted by molar-refractivity contribution is 7.91. The second-order valence-electron chi connectivity index (χ2n) is 9.43. The molecule has 0 aliphatic heterocycles. The van der Waals surface area contributed by atoms with Gasteiger partial charge in [0.1, 0.15) is 18.1 Å². The number of ether oxygens (including phenoxy) is 2. The maximum Gasteiger partial charge on any atom is 0.344 e. The monoisotopic (exact) mass is 538 g/mol. The number of benzene rings is 3. The van der Waals surface area contributed by atoms with E-state index in [1.807, 2.05) is 30.3 Å². The van der Waals surface area contributed by atoms with Crippen LogP contribution in [-0.4, -0.2) is 25.6 Å². The molecule has 7 heteroatoms. The van der Waals surface area contributed by atoms with Crippen LogP contribution in [0.15, 0.2) is 88.7 Å². The number of carboxylic acid groups (broad SMARTS) is 1. The van der Waals surface area contributed by atoms with E-state index >= 15 is 0 Å². The Kier molecular flexibility index (Phi) is 11.7. The lowest BCUT2D eigenvalue weighted by Gasteiger charge is -2.15. The van der Waals surface area contributed by atoms with Crippen LogP contribution in [0.5, 0.6) is 11.5 Å². The molecule has 3 rings (SSSR count). The molecule has 0 fully saturated rings. The zero-order valence-corrected chi connectivity index (χ0v) is 22.9. The molecule has 0 aliphatic rings. The summed E-state index contributed by atoms with van der Waals surface area (Å²) in [5.74, 6) is -0.104. The molecule has 0 radical (unpaired) electrons. The Morgan fingerprint density at radius 3 is 1.82 bits per heavy atom. The summed E-state index contributed by atoms with van der Waals surface area (Å²) >= 11 is 0. The fourth-order valence-corrected chi connectivity index (χ4v) is 5.41. The van der Waals surface area contributed by atoms with Crippen molar-refractivity contribution in [2.45, 2.75) is 87.2 Å². The lowest BCUT2D eigenvalue weighted by atomic mass is 10.1. The molecule has 0 bridgehead atoms. The van der Waals surface area contributed by atoms with E-state index in [0.717, 1.165) is 24.8 Å². The average molecular weight is 539 g/mol. The molecule has 3 aromatic carbocycles. The van der Waals surface area contributed by atoms with Gasteiger partial charge in [0, 0.05) is 0 Å². The largest absolute Gasteiger partial charge is 0.489 e. The first-order chi connectivity index (χ1) is 18.4. The molecule has 0 aromatic heterocycles. The van der Waals surface area contributed by atoms with E-state index in [0.29, 0.717) is 24.5 Å². The van der Waals surface area contributed by atoms with Crippen LogP contribution < -0.4 is 9.47 Å². The number of hydrogen-bond acceptors (Lipinski definition) is 5. The minimum atomic E-state index is -3.74. The molecule has 1 N–H and O–H groups in total. The van der Waals surface area contributed by atoms with Crippen molar-refractivity contribution in [2.75, 3.05) is 0 Å². The summed E-state index contributed by atoms with van der Waals surface area (Å²) in [7, 11) is -3.74. The van der Waals surface area contributed by atoms with Gasteiger partial charge in [0.2, 0.25) is 9.84 Å². The molecule has 0 amide bonds. The van der Waals surface area contributed by atoms with Crippen molar-refractivity contribution in [3.05, 3.63) is 84.4 Å². The first-order valence-corrected chi connectivity index (χ1v) is 14.9. The van der Waals surface area contributed by atoms with Gasteiger partial charge < -0.3 is 14.6 Å². The summed E-state index contributed by atoms with van der Waals surface area (Å²) in [5.41, 5.74) is 1.02. The van der Waals surface area contributed by atoms with Gasteiger partial charge in [-0.2, -0.15) is 0 Å². The number of unbranched alkanes of at least 4 members (excludes halogenated alkanes) is 7. The third-order valence-corrected chi connectivity index (χ3v) is 8.18. The van der Waals surface area contributed by atoms with Crippen LogP contribution in [0.25, 0.3) is 0 Å². The molecule has 38 heavy (non-hydrogen) atoms. The van der Waals surface area contributed by atoms with Gasteiger partial charge in [-0.05, 0) is 66.9 Å². The summed E-state index contributed by atoms with van der Waals surface area (Å²) in [5, 5.41) is 9.56. The van der Waals surface area contributed by atoms with Crippen molar-refractivity contribution in [1.29, 1.82) is 0 Å². The first kappa shape index (κ1) is 29.2. The van der Waals surface area contributed by atoms with Crippen LogP contribution in [0.4, 0.5) is 0 Å². The van der Waals surface area contributed by atoms with Crippen LogP contribution in [0.2, 0.25) is 0 Å². The predicted octanol–water partition coefficient (Wildman–Crippen LogP) is 7.46. The maximum atomic E-state index is 13.1. The van der Waals surface area contributed by atoms with Crippen molar-refractivity contribution >= 4 is 15.8 Å². The van der Waals surface area contributed by atoms with Crippen LogP contribution in [0.1, 0.15) is 70.3 Å². The van der Waals surface area contributed by atoms with Crippen molar-refractivity contribution < 1.29 is 27.8 Å². The molecule has 0 saturated carbocycles. The van der Waals surface area contributed by atoms with E-state index < -0.39 is 21.9 Å². The fraction of sp³-hybridized carbons (Fsp3) is 0.387. The van der Waals surface area contributed by atoms with Gasteiger partial charge >= 0.3 is 5.97 Å². The predicted molar refractivity (Wildman–Crippen MR) is 148 cm³/mol. The van der Waals surface area contributed by atoms with Crippen molar-refractivity contribution in [1.82, 2.24) is 0 Å². The molecule has 204 valence electrons. The van der Waals surface area contributed by atoms with E-state index in [1.165, 1.54) is 68.5 Å². The van der Waals surface area contributed by atoms with Crippen LogP contribution in [0, 0.1) is 0 Å². The number of rotatable bonds is 17. The lowest BCUT2D eigenvalue weighted by Crippen LogP contribution is -2.26. The zero-order valence-electron chi connectivity index (χ0n) is 22.1. The highest BCUT2D eigenvalue weighted by atomic mass is 32.2. The van der Waals surface area contributed by atoms with Crippen molar-refractivity contribution in [3.63, 3.8) is 0 Å². The minimum Gasteiger partial charge on any atom is -0.489 e. The number of hydrogen-bond donors (Lipinski definition) is 1. The normalized spacial score (nSPS) is 12.1. The highest BCUT2D eigenvalue weighted by Crippen LogP contribution is 2.26. The van der Waals surface area contributed by atoms with Gasteiger partial charge in [-0.25, -0.2) is 13.2 Å². The Bertz CT molecular complexity index is 1210. The van der Waals surface area contributed by atoms with Gasteiger partial charge in [-0.1, -0.05) is 82.2 Å². The van der Waals surface area contributed by atoms with Gasteiger partial charge in [0.25, 0.3) is 0 Å². The molecule has 0 heterocycles. The van der Waals surface area contributed by atoms with Gasteiger partial charge in [-0.15, -0.1) is 0 Å². The fourth-order valence-electron chi connectivity index (χ4n) is 4.15. The smallest absolute Gasteiger partial charge is 0.344 e. The van der Waals surface area contributed by atoms with Gasteiger partial charge in [0.15, 0.2) is 6.10 Å². The third kappa shape index (κ3) is 9.21. The molecule has 0 spiro atoms. The molecule has 3 aromatic rings. The summed E-state index contributed by atoms with van der Waals surface area (Å²) in [6.45, 7) is 2.59. The number of sulfone groups is 1. The van der Waals surface area contributed by atoms with Crippen molar-refractivity contribution in [3.8, 4) is 11.5 Å². The summed E-state index contributed by atoms with van der Waals surface area (Å²) in [6, 6.07) is 21.9. The Morgan fingerprint density at radius 2 is 1.26 bits per heavy atom. The Balaban J connectivity index is 1.52. The minimum absolute atomic E-state index is 0.109. The molecule has 1 atom stereocenters. The lowest BCUT2D eigenvalue weighted by molar-refractivity contribution is -0.145. The first-order valence-electron chi connectivity index (χ1n) is 13.4. The second-order valence-corrected chi connectivity index (χ2v) is 11.4. The Labute approximate surface area is 226 Å². The number of aliphatic carboxylic acids is 1. The summed E-state index contributed by atoms with van der Waals surface area (Å²) < 4.78 is 37.6. The van der Waals surface area contributed by atoms with Crippen LogP contribution >= 0.6 is 0 Å². The molecule has 6 nitrogen and oxygen atoms in total. The molecule has 0 saturated heterocycles. The van der Waals surface area contributed by atoms with Crippen LogP contribution in [-0.2, 0) is 21.2 Å². The van der Waals surface area contributed by atoms with E-state index in [9.17, 15) is 18.3 Å². The molecule has 0 unspecified atom stereocenters. The molecular weight excluding hydrogens is 500 g/mol. The quantitative estimate of drug-likeness (QED) is 0.179. The standard InChI is InChI=1S/C31H38O6S/c1-2-3-4-5-6-7-8-12-15-30(31(32)33)37-27-18-22-29(23-19-27)38(34,35)28-20-16-26(17-21-28)36-24-25-13-10-9-11-14-25/h9-11,13-14,16-23,30H,2-8,12,15,24H2,1H3,(H,32,33)/t30-/m1/s1. The Hall–Kier alpha value is -3.32. The van der Waals surface area contributed by atoms with Crippen LogP contribution in [0.3, 0.4) is 0 Å². The third-order valence-electron chi connectivity index (χ3n) is 6.39. The van der Waals surface area contributed by atoms with Gasteiger partial charge in [0.05, 0.1) is 9.79 Å². The van der Waals surface area contributed by atoms with Crippen molar-refractivity contribution in [2.24, 2.45) is 0 Å². The topological polar surface area (TPSA) is 89.9 Å². The summed E-state index contributed by atoms with van der Waals surface area (Å²) in [6.07, 6.45) is 8.49. The SMILES string of the molecule is CCCCCCCCCC[C@@H](Oc1ccc(S(=O)(=O)c2ccc(OCc3ccccc3)cc2)cc1)C(=O)O. The molecule has 0 aliphatic carbocycles. The maximum absolute atomic E-state index is 13.1. The van der Waals surface area contributed by atoms with Gasteiger partial charge in [-0.3, -0.25) is 0 Å². The highest BCUT2D eigenvalue weighted by Gasteiger charge is 2.21. The van der Waals surface area contributed by atoms with E-state index in [4.69, 9.17) is 9.47 Å². The van der Waals surface area contributed by atoms with E-state index in [-0.39, 0.29) is 9.79 Å². The average Bonchev–Trinajstić information content (AvgIpc) is 2.93. The van der Waals surface area contributed by atoms with E-state index in [1.54, 1.807) is 12.1 Å².